The first-order valence-corrected chi connectivity index (χ1v) is 12.5. The van der Waals surface area contributed by atoms with E-state index in [9.17, 15) is 8.78 Å². The summed E-state index contributed by atoms with van der Waals surface area (Å²) in [5.74, 6) is -0.0316. The van der Waals surface area contributed by atoms with Gasteiger partial charge in [-0.2, -0.15) is 10.2 Å². The highest BCUT2D eigenvalue weighted by molar-refractivity contribution is 6.15. The molecule has 0 radical (unpaired) electrons. The molecule has 2 aromatic rings. The molecule has 2 fully saturated rings. The quantitative estimate of drug-likeness (QED) is 0.392. The molecule has 2 aliphatic heterocycles. The summed E-state index contributed by atoms with van der Waals surface area (Å²) in [6, 6.07) is 15.6. The molecule has 7 heteroatoms. The number of nitrogens with zero attached hydrogens (tertiary/aromatic N) is 4. The van der Waals surface area contributed by atoms with Gasteiger partial charge in [0.25, 0.3) is 6.43 Å². The third-order valence-electron chi connectivity index (χ3n) is 7.62. The van der Waals surface area contributed by atoms with E-state index in [4.69, 9.17) is 0 Å². The highest BCUT2D eigenvalue weighted by atomic mass is 19.3. The van der Waals surface area contributed by atoms with Crippen molar-refractivity contribution in [3.05, 3.63) is 77.8 Å². The van der Waals surface area contributed by atoms with E-state index in [1.807, 2.05) is 30.3 Å². The molecule has 0 N–H and O–H groups in total. The predicted molar refractivity (Wildman–Crippen MR) is 141 cm³/mol. The molecule has 0 aromatic heterocycles. The fourth-order valence-corrected chi connectivity index (χ4v) is 5.21. The van der Waals surface area contributed by atoms with Gasteiger partial charge in [-0.15, -0.1) is 0 Å². The minimum Gasteiger partial charge on any atom is -0.341 e. The van der Waals surface area contributed by atoms with Gasteiger partial charge < -0.3 is 9.80 Å². The first kappa shape index (κ1) is 26.1. The topological polar surface area (TPSA) is 31.2 Å². The Labute approximate surface area is 212 Å². The van der Waals surface area contributed by atoms with Gasteiger partial charge in [0.05, 0.1) is 12.3 Å². The smallest absolute Gasteiger partial charge is 0.278 e. The second-order valence-corrected chi connectivity index (χ2v) is 9.73. The highest BCUT2D eigenvalue weighted by Crippen LogP contribution is 2.34. The van der Waals surface area contributed by atoms with Crippen molar-refractivity contribution in [2.45, 2.75) is 65.0 Å². The molecule has 1 saturated heterocycles. The van der Waals surface area contributed by atoms with Gasteiger partial charge in [-0.1, -0.05) is 50.8 Å². The lowest BCUT2D eigenvalue weighted by Gasteiger charge is -2.43. The molecule has 36 heavy (non-hydrogen) atoms. The summed E-state index contributed by atoms with van der Waals surface area (Å²) < 4.78 is 41.0. The van der Waals surface area contributed by atoms with Crippen LogP contribution in [0.25, 0.3) is 0 Å². The molecule has 3 aliphatic rings. The first-order chi connectivity index (χ1) is 17.0. The summed E-state index contributed by atoms with van der Waals surface area (Å²) in [5.41, 5.74) is 3.10. The fourth-order valence-electron chi connectivity index (χ4n) is 5.21. The second kappa shape index (κ2) is 11.4. The molecule has 0 atom stereocenters. The Morgan fingerprint density at radius 2 is 1.75 bits per heavy atom. The van der Waals surface area contributed by atoms with E-state index in [1.165, 1.54) is 25.3 Å². The number of rotatable bonds is 8. The van der Waals surface area contributed by atoms with E-state index in [0.717, 1.165) is 43.4 Å². The maximum atomic E-state index is 15.2. The summed E-state index contributed by atoms with van der Waals surface area (Å²) in [6.45, 7) is 7.00. The van der Waals surface area contributed by atoms with Crippen molar-refractivity contribution in [1.82, 2.24) is 4.90 Å². The van der Waals surface area contributed by atoms with Crippen LogP contribution in [0.1, 0.15) is 57.1 Å². The van der Waals surface area contributed by atoms with Gasteiger partial charge in [-0.05, 0) is 57.0 Å². The summed E-state index contributed by atoms with van der Waals surface area (Å²) in [5, 5.41) is 7.38. The molecule has 1 saturated carbocycles. The molecule has 192 valence electrons. The molecule has 0 unspecified atom stereocenters. The number of allylic oxidation sites excluding steroid dienone is 1. The van der Waals surface area contributed by atoms with Crippen molar-refractivity contribution >= 4 is 17.1 Å². The Bertz CT molecular complexity index is 1120. The van der Waals surface area contributed by atoms with E-state index in [1.54, 1.807) is 12.1 Å². The molecule has 4 nitrogen and oxygen atoms in total. The lowest BCUT2D eigenvalue weighted by Crippen LogP contribution is -2.45. The second-order valence-electron chi connectivity index (χ2n) is 9.73. The van der Waals surface area contributed by atoms with Crippen molar-refractivity contribution in [1.29, 1.82) is 0 Å². The number of hydrogen-bond donors (Lipinski definition) is 0. The van der Waals surface area contributed by atoms with Gasteiger partial charge in [0.2, 0.25) is 0 Å². The van der Waals surface area contributed by atoms with Crippen molar-refractivity contribution in [3.63, 3.8) is 0 Å². The number of likely N-dealkylation sites (tertiary alicyclic amines) is 1. The van der Waals surface area contributed by atoms with Gasteiger partial charge >= 0.3 is 0 Å². The zero-order chi connectivity index (χ0) is 24.4. The normalized spacial score (nSPS) is 18.9. The average molecular weight is 497 g/mol. The van der Waals surface area contributed by atoms with Crippen LogP contribution in [0.2, 0.25) is 0 Å². The standard InChI is InChI=1S/C28H31F3N4.CH4/c1-19(20-12-14-34(15-13-20)23-8-5-9-23)35(24-6-3-2-4-7-24)18-22-11-10-21(16-25(22)29)26-17-27(28(30)31)33-32-26;/h2-4,6-7,10-11,16,20,23,28H,1,5,8-9,12-15,17-18H2;1H4. The Balaban J connectivity index is 0.00000304. The third kappa shape index (κ3) is 5.56. The lowest BCUT2D eigenvalue weighted by atomic mass is 9.86. The van der Waals surface area contributed by atoms with Gasteiger partial charge in [0.1, 0.15) is 11.5 Å². The van der Waals surface area contributed by atoms with Gasteiger partial charge in [-0.3, -0.25) is 0 Å². The van der Waals surface area contributed by atoms with Crippen molar-refractivity contribution in [2.75, 3.05) is 18.0 Å². The van der Waals surface area contributed by atoms with Crippen molar-refractivity contribution in [2.24, 2.45) is 16.1 Å². The molecular weight excluding hydrogens is 461 g/mol. The van der Waals surface area contributed by atoms with Crippen LogP contribution in [0.4, 0.5) is 18.9 Å². The zero-order valence-electron chi connectivity index (χ0n) is 19.8. The SMILES string of the molecule is C.C=C(C1CCN(C2CCC2)CC1)N(Cc1ccc(C2=NN=C(C(F)F)C2)cc1F)c1ccccc1. The molecule has 0 amide bonds. The Hall–Kier alpha value is -2.93. The van der Waals surface area contributed by atoms with E-state index in [0.29, 0.717) is 29.3 Å². The Kier molecular flexibility index (Phi) is 8.29. The van der Waals surface area contributed by atoms with E-state index >= 15 is 4.39 Å². The van der Waals surface area contributed by atoms with Crippen LogP contribution in [0, 0.1) is 11.7 Å². The molecule has 2 heterocycles. The van der Waals surface area contributed by atoms with Crippen LogP contribution >= 0.6 is 0 Å². The van der Waals surface area contributed by atoms with E-state index in [2.05, 4.69) is 26.6 Å². The average Bonchev–Trinajstić information content (AvgIpc) is 3.34. The first-order valence-electron chi connectivity index (χ1n) is 12.5. The number of benzene rings is 2. The largest absolute Gasteiger partial charge is 0.341 e. The van der Waals surface area contributed by atoms with Gasteiger partial charge in [0.15, 0.2) is 0 Å². The van der Waals surface area contributed by atoms with Crippen LogP contribution in [-0.2, 0) is 6.54 Å². The number of halogens is 3. The molecule has 0 spiro atoms. The molecule has 0 bridgehead atoms. The van der Waals surface area contributed by atoms with Crippen LogP contribution in [0.3, 0.4) is 0 Å². The Morgan fingerprint density at radius 3 is 2.33 bits per heavy atom. The number of hydrogen-bond acceptors (Lipinski definition) is 4. The number of piperidine rings is 1. The summed E-state index contributed by atoms with van der Waals surface area (Å²) in [6.07, 6.45) is 3.41. The van der Waals surface area contributed by atoms with Gasteiger partial charge in [-0.25, -0.2) is 13.2 Å². The maximum absolute atomic E-state index is 15.2. The predicted octanol–water partition coefficient (Wildman–Crippen LogP) is 7.06. The number of alkyl halides is 2. The lowest BCUT2D eigenvalue weighted by molar-refractivity contribution is 0.0907. The Morgan fingerprint density at radius 1 is 1.03 bits per heavy atom. The monoisotopic (exact) mass is 496 g/mol. The third-order valence-corrected chi connectivity index (χ3v) is 7.62. The fraction of sp³-hybridized carbons (Fsp3) is 0.448. The number of para-hydroxylation sites is 1. The summed E-state index contributed by atoms with van der Waals surface area (Å²) in [7, 11) is 0. The van der Waals surface area contributed by atoms with Crippen LogP contribution in [0.5, 0.6) is 0 Å². The minimum atomic E-state index is -2.65. The summed E-state index contributed by atoms with van der Waals surface area (Å²) in [4.78, 5) is 4.74. The van der Waals surface area contributed by atoms with Crippen molar-refractivity contribution in [3.8, 4) is 0 Å². The van der Waals surface area contributed by atoms with Crippen molar-refractivity contribution < 1.29 is 13.2 Å². The van der Waals surface area contributed by atoms with Crippen LogP contribution in [-0.4, -0.2) is 41.9 Å². The van der Waals surface area contributed by atoms with Gasteiger partial charge in [0, 0.05) is 40.9 Å². The molecule has 2 aromatic carbocycles. The van der Waals surface area contributed by atoms with Crippen LogP contribution < -0.4 is 4.90 Å². The molecule has 1 aliphatic carbocycles. The van der Waals surface area contributed by atoms with E-state index in [-0.39, 0.29) is 25.4 Å². The van der Waals surface area contributed by atoms with E-state index < -0.39 is 6.43 Å². The molecular formula is C29H35F3N4. The highest BCUT2D eigenvalue weighted by Gasteiger charge is 2.31. The zero-order valence-corrected chi connectivity index (χ0v) is 19.8. The van der Waals surface area contributed by atoms with Crippen LogP contribution in [0.15, 0.2) is 71.0 Å². The summed E-state index contributed by atoms with van der Waals surface area (Å²) >= 11 is 0. The molecule has 5 rings (SSSR count). The number of anilines is 1. The minimum absolute atomic E-state index is 0. The maximum Gasteiger partial charge on any atom is 0.278 e.